The number of fused-ring (bicyclic) bond motifs is 1. The van der Waals surface area contributed by atoms with Gasteiger partial charge in [-0.3, -0.25) is 4.79 Å². The number of sulfone groups is 1. The summed E-state index contributed by atoms with van der Waals surface area (Å²) in [5.74, 6) is -0.219. The first-order valence-corrected chi connectivity index (χ1v) is 9.56. The smallest absolute Gasteiger partial charge is 0.268 e. The van der Waals surface area contributed by atoms with Gasteiger partial charge in [-0.1, -0.05) is 19.1 Å². The van der Waals surface area contributed by atoms with Crippen LogP contribution < -0.4 is 9.64 Å². The monoisotopic (exact) mass is 363 g/mol. The summed E-state index contributed by atoms with van der Waals surface area (Å²) in [7, 11) is -3.41. The van der Waals surface area contributed by atoms with Gasteiger partial charge >= 0.3 is 0 Å². The predicted molar refractivity (Wildman–Crippen MR) is 91.8 cm³/mol. The molecule has 0 aliphatic carbocycles. The van der Waals surface area contributed by atoms with Crippen LogP contribution in [0.2, 0.25) is 0 Å². The minimum absolute atomic E-state index is 0.0328. The van der Waals surface area contributed by atoms with Crippen LogP contribution in [0, 0.1) is 5.82 Å². The average Bonchev–Trinajstić information content (AvgIpc) is 2.60. The third kappa shape index (κ3) is 3.37. The molecule has 0 N–H and O–H groups in total. The lowest BCUT2D eigenvalue weighted by atomic mass is 10.1. The van der Waals surface area contributed by atoms with Gasteiger partial charge in [-0.15, -0.1) is 0 Å². The molecular formula is C18H18FNO4S. The van der Waals surface area contributed by atoms with Gasteiger partial charge in [0.1, 0.15) is 11.6 Å². The summed E-state index contributed by atoms with van der Waals surface area (Å²) >= 11 is 0. The highest BCUT2D eigenvalue weighted by Crippen LogP contribution is 2.37. The van der Waals surface area contributed by atoms with Gasteiger partial charge in [-0.2, -0.15) is 0 Å². The lowest BCUT2D eigenvalue weighted by Gasteiger charge is -2.33. The second-order valence-corrected chi connectivity index (χ2v) is 8.12. The van der Waals surface area contributed by atoms with E-state index in [-0.39, 0.29) is 28.9 Å². The van der Waals surface area contributed by atoms with Crippen LogP contribution in [0.5, 0.6) is 5.75 Å². The topological polar surface area (TPSA) is 63.7 Å². The molecule has 7 heteroatoms. The van der Waals surface area contributed by atoms with Crippen molar-refractivity contribution >= 4 is 21.4 Å². The molecule has 0 spiro atoms. The molecule has 3 rings (SSSR count). The number of hydrogen-bond donors (Lipinski definition) is 0. The number of anilines is 1. The van der Waals surface area contributed by atoms with E-state index in [2.05, 4.69) is 0 Å². The minimum Gasteiger partial charge on any atom is -0.479 e. The molecule has 5 nitrogen and oxygen atoms in total. The maximum atomic E-state index is 13.1. The summed E-state index contributed by atoms with van der Waals surface area (Å²) in [6.07, 6.45) is -0.679. The van der Waals surface area contributed by atoms with E-state index in [1.165, 1.54) is 29.2 Å². The molecule has 1 aliphatic rings. The van der Waals surface area contributed by atoms with Crippen LogP contribution in [0.3, 0.4) is 0 Å². The number of nitrogens with zero attached hydrogens (tertiary/aromatic N) is 1. The van der Waals surface area contributed by atoms with Gasteiger partial charge in [-0.05, 0) is 42.8 Å². The first-order chi connectivity index (χ1) is 11.8. The van der Waals surface area contributed by atoms with Crippen LogP contribution in [0.4, 0.5) is 10.1 Å². The number of benzene rings is 2. The standard InChI is InChI=1S/C18H18FNO4S/c1-3-25(22,23)15-8-9-17-16(10-15)20(18(21)12(2)24-17)11-13-4-6-14(19)7-5-13/h4-10,12H,3,11H2,1-2H3. The fraction of sp³-hybridized carbons (Fsp3) is 0.278. The molecule has 25 heavy (non-hydrogen) atoms. The Balaban J connectivity index is 2.05. The quantitative estimate of drug-likeness (QED) is 0.838. The fourth-order valence-electron chi connectivity index (χ4n) is 2.68. The van der Waals surface area contributed by atoms with Crippen molar-refractivity contribution in [3.8, 4) is 5.75 Å². The van der Waals surface area contributed by atoms with Crippen molar-refractivity contribution in [2.75, 3.05) is 10.7 Å². The lowest BCUT2D eigenvalue weighted by Crippen LogP contribution is -2.44. The maximum Gasteiger partial charge on any atom is 0.268 e. The van der Waals surface area contributed by atoms with E-state index in [1.54, 1.807) is 32.0 Å². The molecule has 1 heterocycles. The number of ether oxygens (including phenoxy) is 1. The van der Waals surface area contributed by atoms with Crippen molar-refractivity contribution in [1.82, 2.24) is 0 Å². The van der Waals surface area contributed by atoms with E-state index in [0.717, 1.165) is 5.56 Å². The van der Waals surface area contributed by atoms with Gasteiger partial charge in [0.2, 0.25) is 0 Å². The Morgan fingerprint density at radius 2 is 1.84 bits per heavy atom. The van der Waals surface area contributed by atoms with Crippen LogP contribution in [0.1, 0.15) is 19.4 Å². The first kappa shape index (κ1) is 17.4. The van der Waals surface area contributed by atoms with Crippen molar-refractivity contribution in [2.24, 2.45) is 0 Å². The second-order valence-electron chi connectivity index (χ2n) is 5.84. The van der Waals surface area contributed by atoms with Crippen LogP contribution in [-0.2, 0) is 21.2 Å². The fourth-order valence-corrected chi connectivity index (χ4v) is 3.58. The van der Waals surface area contributed by atoms with Crippen molar-refractivity contribution in [1.29, 1.82) is 0 Å². The van der Waals surface area contributed by atoms with Crippen molar-refractivity contribution in [3.05, 3.63) is 53.8 Å². The largest absolute Gasteiger partial charge is 0.479 e. The van der Waals surface area contributed by atoms with Crippen LogP contribution >= 0.6 is 0 Å². The van der Waals surface area contributed by atoms with Gasteiger partial charge in [0.15, 0.2) is 15.9 Å². The molecule has 1 amide bonds. The number of rotatable bonds is 4. The van der Waals surface area contributed by atoms with Crippen molar-refractivity contribution in [2.45, 2.75) is 31.4 Å². The second kappa shape index (κ2) is 6.48. The average molecular weight is 363 g/mol. The molecule has 0 bridgehead atoms. The third-order valence-corrected chi connectivity index (χ3v) is 5.86. The number of amides is 1. The van der Waals surface area contributed by atoms with Gasteiger partial charge in [0.25, 0.3) is 5.91 Å². The molecule has 0 saturated carbocycles. The number of carbonyl (C=O) groups excluding carboxylic acids is 1. The SMILES string of the molecule is CCS(=O)(=O)c1ccc2c(c1)N(Cc1ccc(F)cc1)C(=O)C(C)O2. The highest BCUT2D eigenvalue weighted by Gasteiger charge is 2.32. The molecule has 0 aromatic heterocycles. The summed E-state index contributed by atoms with van der Waals surface area (Å²) < 4.78 is 43.0. The molecule has 1 atom stereocenters. The number of halogens is 1. The molecule has 132 valence electrons. The van der Waals surface area contributed by atoms with Gasteiger partial charge < -0.3 is 9.64 Å². The molecule has 2 aromatic rings. The van der Waals surface area contributed by atoms with E-state index in [4.69, 9.17) is 4.74 Å². The Morgan fingerprint density at radius 3 is 2.48 bits per heavy atom. The predicted octanol–water partition coefficient (Wildman–Crippen LogP) is 2.93. The van der Waals surface area contributed by atoms with E-state index in [0.29, 0.717) is 11.4 Å². The molecule has 1 unspecified atom stereocenters. The molecular weight excluding hydrogens is 345 g/mol. The zero-order valence-corrected chi connectivity index (χ0v) is 14.7. The Hall–Kier alpha value is -2.41. The Labute approximate surface area is 145 Å². The molecule has 0 fully saturated rings. The maximum absolute atomic E-state index is 13.1. The summed E-state index contributed by atoms with van der Waals surface area (Å²) in [6, 6.07) is 10.3. The van der Waals surface area contributed by atoms with Crippen molar-refractivity contribution < 1.29 is 22.3 Å². The van der Waals surface area contributed by atoms with Gasteiger partial charge in [0, 0.05) is 0 Å². The van der Waals surface area contributed by atoms with Gasteiger partial charge in [-0.25, -0.2) is 12.8 Å². The minimum atomic E-state index is -3.41. The van der Waals surface area contributed by atoms with E-state index in [9.17, 15) is 17.6 Å². The van der Waals surface area contributed by atoms with Crippen LogP contribution in [-0.4, -0.2) is 26.2 Å². The van der Waals surface area contributed by atoms with Crippen LogP contribution in [0.15, 0.2) is 47.4 Å². The Morgan fingerprint density at radius 1 is 1.16 bits per heavy atom. The molecule has 0 saturated heterocycles. The zero-order chi connectivity index (χ0) is 18.2. The molecule has 0 radical (unpaired) electrons. The summed E-state index contributed by atoms with van der Waals surface area (Å²) in [5, 5.41) is 0. The summed E-state index contributed by atoms with van der Waals surface area (Å²) in [6.45, 7) is 3.41. The van der Waals surface area contributed by atoms with E-state index < -0.39 is 15.9 Å². The van der Waals surface area contributed by atoms with Crippen LogP contribution in [0.25, 0.3) is 0 Å². The summed E-state index contributed by atoms with van der Waals surface area (Å²) in [4.78, 5) is 14.2. The van der Waals surface area contributed by atoms with E-state index >= 15 is 0 Å². The number of carbonyl (C=O) groups is 1. The van der Waals surface area contributed by atoms with Gasteiger partial charge in [0.05, 0.1) is 22.9 Å². The normalized spacial score (nSPS) is 17.2. The van der Waals surface area contributed by atoms with Crippen molar-refractivity contribution in [3.63, 3.8) is 0 Å². The molecule has 2 aromatic carbocycles. The lowest BCUT2D eigenvalue weighted by molar-refractivity contribution is -0.125. The zero-order valence-electron chi connectivity index (χ0n) is 13.9. The molecule has 1 aliphatic heterocycles. The Kier molecular flexibility index (Phi) is 4.51. The Bertz CT molecular complexity index is 909. The third-order valence-electron chi connectivity index (χ3n) is 4.13. The first-order valence-electron chi connectivity index (χ1n) is 7.91. The highest BCUT2D eigenvalue weighted by molar-refractivity contribution is 7.91. The number of hydrogen-bond acceptors (Lipinski definition) is 4. The highest BCUT2D eigenvalue weighted by atomic mass is 32.2. The summed E-state index contributed by atoms with van der Waals surface area (Å²) in [5.41, 5.74) is 1.14. The van der Waals surface area contributed by atoms with E-state index in [1.807, 2.05) is 0 Å².